The van der Waals surface area contributed by atoms with Crippen molar-refractivity contribution in [2.24, 2.45) is 0 Å². The highest BCUT2D eigenvalue weighted by Gasteiger charge is 2.54. The molecule has 0 aromatic heterocycles. The third-order valence-corrected chi connectivity index (χ3v) is 6.07. The Labute approximate surface area is 182 Å². The van der Waals surface area contributed by atoms with Gasteiger partial charge < -0.3 is 14.8 Å². The minimum Gasteiger partial charge on any atom is -0.497 e. The number of anilines is 1. The topological polar surface area (TPSA) is 47.6 Å². The standard InChI is InChI=1S/C26H26FNO3/c1-30-22-13-19(14-23(16-22)31-2)20-15-24(18-9-5-3-6-10-18)26(27,17-20)25(29)28-21-11-7-4-8-12-21/h3-14,16,20,24H,15,17H2,1-2H3,(H,28,29)/t20-,24+,26-/m1/s1. The van der Waals surface area contributed by atoms with Crippen LogP contribution in [0, 0.1) is 0 Å². The van der Waals surface area contributed by atoms with Gasteiger partial charge in [0.05, 0.1) is 14.2 Å². The average Bonchev–Trinajstić information content (AvgIpc) is 3.19. The number of rotatable bonds is 6. The molecule has 1 saturated carbocycles. The van der Waals surface area contributed by atoms with E-state index in [-0.39, 0.29) is 12.3 Å². The second-order valence-corrected chi connectivity index (χ2v) is 7.93. The van der Waals surface area contributed by atoms with Gasteiger partial charge in [-0.15, -0.1) is 0 Å². The molecule has 160 valence electrons. The summed E-state index contributed by atoms with van der Waals surface area (Å²) in [5.74, 6) is -0.0170. The SMILES string of the molecule is COc1cc(OC)cc([C@@H]2C[C@@H](c3ccccc3)[C@@](F)(C(=O)Nc3ccccc3)C2)c1. The molecule has 4 nitrogen and oxygen atoms in total. The molecule has 1 amide bonds. The van der Waals surface area contributed by atoms with Gasteiger partial charge in [-0.05, 0) is 54.2 Å². The van der Waals surface area contributed by atoms with Crippen LogP contribution < -0.4 is 14.8 Å². The van der Waals surface area contributed by atoms with Gasteiger partial charge in [-0.25, -0.2) is 4.39 Å². The molecule has 0 unspecified atom stereocenters. The number of halogens is 1. The second kappa shape index (κ2) is 8.80. The Balaban J connectivity index is 1.70. The lowest BCUT2D eigenvalue weighted by molar-refractivity contribution is -0.128. The quantitative estimate of drug-likeness (QED) is 0.557. The monoisotopic (exact) mass is 419 g/mol. The number of carbonyl (C=O) groups excluding carboxylic acids is 1. The van der Waals surface area contributed by atoms with Gasteiger partial charge in [0.2, 0.25) is 0 Å². The van der Waals surface area contributed by atoms with Crippen LogP contribution in [0.15, 0.2) is 78.9 Å². The largest absolute Gasteiger partial charge is 0.497 e. The van der Waals surface area contributed by atoms with E-state index in [1.807, 2.05) is 60.7 Å². The minimum atomic E-state index is -2.04. The summed E-state index contributed by atoms with van der Waals surface area (Å²) in [6.07, 6.45) is 0.598. The van der Waals surface area contributed by atoms with Crippen LogP contribution in [-0.4, -0.2) is 25.8 Å². The number of benzene rings is 3. The Bertz CT molecular complexity index is 1020. The van der Waals surface area contributed by atoms with Gasteiger partial charge in [-0.2, -0.15) is 0 Å². The number of ether oxygens (including phenoxy) is 2. The molecule has 3 aromatic carbocycles. The number of nitrogens with one attached hydrogen (secondary N) is 1. The van der Waals surface area contributed by atoms with Crippen molar-refractivity contribution in [3.63, 3.8) is 0 Å². The van der Waals surface area contributed by atoms with E-state index in [0.29, 0.717) is 23.6 Å². The number of para-hydroxylation sites is 1. The summed E-state index contributed by atoms with van der Waals surface area (Å²) < 4.78 is 27.4. The fourth-order valence-corrected chi connectivity index (χ4v) is 4.47. The number of carbonyl (C=O) groups is 1. The summed E-state index contributed by atoms with van der Waals surface area (Å²) in [4.78, 5) is 13.2. The molecule has 1 aliphatic carbocycles. The van der Waals surface area contributed by atoms with Gasteiger partial charge in [-0.1, -0.05) is 48.5 Å². The molecule has 5 heteroatoms. The van der Waals surface area contributed by atoms with Gasteiger partial charge >= 0.3 is 0 Å². The average molecular weight is 419 g/mol. The number of amides is 1. The first-order valence-electron chi connectivity index (χ1n) is 10.4. The van der Waals surface area contributed by atoms with E-state index in [4.69, 9.17) is 9.47 Å². The van der Waals surface area contributed by atoms with Crippen molar-refractivity contribution < 1.29 is 18.7 Å². The van der Waals surface area contributed by atoms with Crippen LogP contribution in [0.5, 0.6) is 11.5 Å². The van der Waals surface area contributed by atoms with Crippen molar-refractivity contribution in [1.82, 2.24) is 0 Å². The second-order valence-electron chi connectivity index (χ2n) is 7.93. The zero-order valence-electron chi connectivity index (χ0n) is 17.7. The van der Waals surface area contributed by atoms with Crippen LogP contribution in [0.3, 0.4) is 0 Å². The normalized spacial score (nSPS) is 22.7. The number of hydrogen-bond donors (Lipinski definition) is 1. The minimum absolute atomic E-state index is 0.0849. The summed E-state index contributed by atoms with van der Waals surface area (Å²) in [6, 6.07) is 24.0. The molecule has 1 fully saturated rings. The summed E-state index contributed by atoms with van der Waals surface area (Å²) in [5.41, 5.74) is 0.274. The maximum Gasteiger partial charge on any atom is 0.262 e. The summed E-state index contributed by atoms with van der Waals surface area (Å²) in [6.45, 7) is 0. The van der Waals surface area contributed by atoms with Gasteiger partial charge in [-0.3, -0.25) is 4.79 Å². The molecule has 1 N–H and O–H groups in total. The fraction of sp³-hybridized carbons (Fsp3) is 0.269. The van der Waals surface area contributed by atoms with E-state index in [2.05, 4.69) is 5.32 Å². The number of methoxy groups -OCH3 is 2. The maximum absolute atomic E-state index is 16.6. The molecule has 0 bridgehead atoms. The van der Waals surface area contributed by atoms with Crippen molar-refractivity contribution in [2.75, 3.05) is 19.5 Å². The van der Waals surface area contributed by atoms with Gasteiger partial charge in [0, 0.05) is 17.7 Å². The fourth-order valence-electron chi connectivity index (χ4n) is 4.47. The molecule has 0 heterocycles. The predicted molar refractivity (Wildman–Crippen MR) is 120 cm³/mol. The number of alkyl halides is 1. The van der Waals surface area contributed by atoms with E-state index in [0.717, 1.165) is 11.1 Å². The molecule has 31 heavy (non-hydrogen) atoms. The Hall–Kier alpha value is -3.34. The predicted octanol–water partition coefficient (Wildman–Crippen LogP) is 5.71. The summed E-state index contributed by atoms with van der Waals surface area (Å²) >= 11 is 0. The van der Waals surface area contributed by atoms with Crippen LogP contribution in [0.2, 0.25) is 0 Å². The Morgan fingerprint density at radius 1 is 0.903 bits per heavy atom. The zero-order chi connectivity index (χ0) is 21.8. The van der Waals surface area contributed by atoms with Gasteiger partial charge in [0.15, 0.2) is 5.67 Å². The van der Waals surface area contributed by atoms with Crippen molar-refractivity contribution in [3.05, 3.63) is 90.0 Å². The molecule has 0 radical (unpaired) electrons. The Morgan fingerprint density at radius 2 is 1.48 bits per heavy atom. The lowest BCUT2D eigenvalue weighted by Gasteiger charge is -2.26. The summed E-state index contributed by atoms with van der Waals surface area (Å²) in [7, 11) is 3.18. The van der Waals surface area contributed by atoms with E-state index in [9.17, 15) is 4.79 Å². The lowest BCUT2D eigenvalue weighted by atomic mass is 9.85. The van der Waals surface area contributed by atoms with Crippen LogP contribution >= 0.6 is 0 Å². The lowest BCUT2D eigenvalue weighted by Crippen LogP contribution is -2.41. The van der Waals surface area contributed by atoms with Crippen LogP contribution in [0.4, 0.5) is 10.1 Å². The molecule has 1 aliphatic rings. The van der Waals surface area contributed by atoms with Crippen LogP contribution in [0.25, 0.3) is 0 Å². The molecule has 0 spiro atoms. The zero-order valence-corrected chi connectivity index (χ0v) is 17.7. The Morgan fingerprint density at radius 3 is 2.06 bits per heavy atom. The van der Waals surface area contributed by atoms with Crippen LogP contribution in [-0.2, 0) is 4.79 Å². The van der Waals surface area contributed by atoms with Gasteiger partial charge in [0.25, 0.3) is 5.91 Å². The van der Waals surface area contributed by atoms with E-state index < -0.39 is 17.5 Å². The first-order valence-corrected chi connectivity index (χ1v) is 10.4. The Kier molecular flexibility index (Phi) is 5.94. The summed E-state index contributed by atoms with van der Waals surface area (Å²) in [5, 5.41) is 2.78. The first-order chi connectivity index (χ1) is 15.0. The highest BCUT2D eigenvalue weighted by Crippen LogP contribution is 2.53. The molecule has 0 saturated heterocycles. The molecule has 4 rings (SSSR count). The van der Waals surface area contributed by atoms with Crippen molar-refractivity contribution in [1.29, 1.82) is 0 Å². The molecular weight excluding hydrogens is 393 g/mol. The van der Waals surface area contributed by atoms with E-state index in [1.54, 1.807) is 32.4 Å². The third-order valence-electron chi connectivity index (χ3n) is 6.07. The van der Waals surface area contributed by atoms with Crippen molar-refractivity contribution in [3.8, 4) is 11.5 Å². The van der Waals surface area contributed by atoms with Crippen molar-refractivity contribution in [2.45, 2.75) is 30.3 Å². The maximum atomic E-state index is 16.6. The van der Waals surface area contributed by atoms with Crippen LogP contribution in [0.1, 0.15) is 35.8 Å². The van der Waals surface area contributed by atoms with Gasteiger partial charge in [0.1, 0.15) is 11.5 Å². The molecular formula is C26H26FNO3. The smallest absolute Gasteiger partial charge is 0.262 e. The van der Waals surface area contributed by atoms with E-state index in [1.165, 1.54) is 0 Å². The molecule has 3 aromatic rings. The first kappa shape index (κ1) is 20.9. The number of hydrogen-bond acceptors (Lipinski definition) is 3. The molecule has 3 atom stereocenters. The highest BCUT2D eigenvalue weighted by molar-refractivity contribution is 5.98. The van der Waals surface area contributed by atoms with E-state index >= 15 is 4.39 Å². The molecule has 0 aliphatic heterocycles. The third kappa shape index (κ3) is 4.26. The van der Waals surface area contributed by atoms with Crippen molar-refractivity contribution >= 4 is 11.6 Å². The highest BCUT2D eigenvalue weighted by atomic mass is 19.1.